The Kier molecular flexibility index (Phi) is 2.59. The maximum atomic E-state index is 6.21. The molecule has 3 nitrogen and oxygen atoms in total. The molecule has 0 spiro atoms. The first-order valence-electron chi connectivity index (χ1n) is 6.75. The van der Waals surface area contributed by atoms with Gasteiger partial charge in [0.1, 0.15) is 5.82 Å². The second kappa shape index (κ2) is 4.33. The highest BCUT2D eigenvalue weighted by atomic mass is 35.5. The van der Waals surface area contributed by atoms with Crippen LogP contribution in [0, 0.1) is 0 Å². The third kappa shape index (κ3) is 1.67. The molecule has 0 radical (unpaired) electrons. The Hall–Kier alpha value is -1.84. The molecular weight excluding hydrogens is 270 g/mol. The summed E-state index contributed by atoms with van der Waals surface area (Å²) in [7, 11) is 0. The maximum Gasteiger partial charge on any atom is 0.141 e. The number of rotatable bonds is 1. The van der Waals surface area contributed by atoms with Gasteiger partial charge in [0.2, 0.25) is 0 Å². The first kappa shape index (κ1) is 11.9. The Bertz CT molecular complexity index is 789. The molecule has 0 saturated heterocycles. The largest absolute Gasteiger partial charge is 0.324 e. The second-order valence-electron chi connectivity index (χ2n) is 5.20. The lowest BCUT2D eigenvalue weighted by molar-refractivity contribution is 0.548. The zero-order chi connectivity index (χ0) is 13.7. The van der Waals surface area contributed by atoms with Gasteiger partial charge in [-0.3, -0.25) is 0 Å². The van der Waals surface area contributed by atoms with E-state index in [9.17, 15) is 0 Å². The van der Waals surface area contributed by atoms with Crippen LogP contribution in [0.2, 0.25) is 5.02 Å². The van der Waals surface area contributed by atoms with E-state index in [0.29, 0.717) is 0 Å². The number of aromatic nitrogens is 2. The van der Waals surface area contributed by atoms with E-state index in [1.54, 1.807) is 0 Å². The molecule has 0 aliphatic carbocycles. The van der Waals surface area contributed by atoms with Crippen molar-refractivity contribution in [3.8, 4) is 11.4 Å². The first-order valence-corrected chi connectivity index (χ1v) is 7.12. The summed E-state index contributed by atoms with van der Waals surface area (Å²) in [6, 6.07) is 14.1. The monoisotopic (exact) mass is 283 g/mol. The molecule has 100 valence electrons. The maximum absolute atomic E-state index is 6.21. The topological polar surface area (TPSA) is 43.8 Å². The van der Waals surface area contributed by atoms with Gasteiger partial charge in [0.25, 0.3) is 0 Å². The predicted octanol–water partition coefficient (Wildman–Crippen LogP) is 3.76. The van der Waals surface area contributed by atoms with Gasteiger partial charge >= 0.3 is 0 Å². The number of imidazole rings is 1. The van der Waals surface area contributed by atoms with Crippen molar-refractivity contribution >= 4 is 22.6 Å². The van der Waals surface area contributed by atoms with Gasteiger partial charge in [-0.1, -0.05) is 23.7 Å². The van der Waals surface area contributed by atoms with Gasteiger partial charge in [-0.2, -0.15) is 0 Å². The number of hydrogen-bond donors (Lipinski definition) is 1. The van der Waals surface area contributed by atoms with Crippen molar-refractivity contribution in [3.05, 3.63) is 53.1 Å². The smallest absolute Gasteiger partial charge is 0.141 e. The van der Waals surface area contributed by atoms with Crippen LogP contribution >= 0.6 is 11.6 Å². The minimum absolute atomic E-state index is 0.112. The van der Waals surface area contributed by atoms with Crippen LogP contribution in [-0.2, 0) is 6.54 Å². The highest BCUT2D eigenvalue weighted by Gasteiger charge is 2.22. The highest BCUT2D eigenvalue weighted by Crippen LogP contribution is 2.34. The molecule has 0 fully saturated rings. The average Bonchev–Trinajstić information content (AvgIpc) is 2.84. The molecule has 2 N–H and O–H groups in total. The van der Waals surface area contributed by atoms with Crippen molar-refractivity contribution in [2.75, 3.05) is 0 Å². The van der Waals surface area contributed by atoms with Crippen LogP contribution in [0.25, 0.3) is 22.4 Å². The van der Waals surface area contributed by atoms with Crippen molar-refractivity contribution in [1.29, 1.82) is 0 Å². The molecule has 1 aromatic heterocycles. The van der Waals surface area contributed by atoms with Crippen molar-refractivity contribution in [3.63, 3.8) is 0 Å². The van der Waals surface area contributed by atoms with Crippen LogP contribution < -0.4 is 5.73 Å². The summed E-state index contributed by atoms with van der Waals surface area (Å²) in [6.45, 7) is 0.909. The molecule has 3 aromatic rings. The van der Waals surface area contributed by atoms with Crippen molar-refractivity contribution < 1.29 is 0 Å². The third-order valence-electron chi connectivity index (χ3n) is 3.96. The van der Waals surface area contributed by atoms with E-state index < -0.39 is 0 Å². The van der Waals surface area contributed by atoms with Crippen LogP contribution in [0.15, 0.2) is 42.5 Å². The number of para-hydroxylation sites is 1. The van der Waals surface area contributed by atoms with Gasteiger partial charge in [-0.15, -0.1) is 0 Å². The Morgan fingerprint density at radius 3 is 2.75 bits per heavy atom. The molecule has 1 unspecified atom stereocenters. The summed E-state index contributed by atoms with van der Waals surface area (Å²) in [4.78, 5) is 4.78. The van der Waals surface area contributed by atoms with E-state index >= 15 is 0 Å². The number of benzene rings is 2. The molecule has 1 aliphatic rings. The van der Waals surface area contributed by atoms with Crippen molar-refractivity contribution in [1.82, 2.24) is 9.55 Å². The number of hydrogen-bond acceptors (Lipinski definition) is 2. The molecule has 4 heteroatoms. The molecule has 1 atom stereocenters. The summed E-state index contributed by atoms with van der Waals surface area (Å²) in [5, 5.41) is 0.742. The summed E-state index contributed by atoms with van der Waals surface area (Å²) < 4.78 is 2.28. The lowest BCUT2D eigenvalue weighted by atomic mass is 10.00. The Morgan fingerprint density at radius 1 is 1.15 bits per heavy atom. The number of aryl methyl sites for hydroxylation is 1. The summed E-state index contributed by atoms with van der Waals surface area (Å²) >= 11 is 5.96. The standard InChI is InChI=1S/C16H14ClN3/c17-11-6-4-10(5-7-11)16-19-14-3-1-2-12-13(18)8-9-20(16)15(12)14/h1-7,13H,8-9,18H2. The predicted molar refractivity (Wildman–Crippen MR) is 81.7 cm³/mol. The molecule has 0 saturated carbocycles. The van der Waals surface area contributed by atoms with E-state index in [-0.39, 0.29) is 6.04 Å². The molecule has 20 heavy (non-hydrogen) atoms. The first-order chi connectivity index (χ1) is 9.74. The zero-order valence-electron chi connectivity index (χ0n) is 10.9. The van der Waals surface area contributed by atoms with Crippen LogP contribution in [0.5, 0.6) is 0 Å². The molecule has 4 rings (SSSR count). The number of nitrogens with two attached hydrogens (primary N) is 1. The minimum Gasteiger partial charge on any atom is -0.324 e. The third-order valence-corrected chi connectivity index (χ3v) is 4.22. The second-order valence-corrected chi connectivity index (χ2v) is 5.64. The van der Waals surface area contributed by atoms with Gasteiger partial charge in [0.15, 0.2) is 0 Å². The van der Waals surface area contributed by atoms with E-state index in [4.69, 9.17) is 22.3 Å². The Morgan fingerprint density at radius 2 is 1.95 bits per heavy atom. The van der Waals surface area contributed by atoms with Crippen LogP contribution in [0.1, 0.15) is 18.0 Å². The zero-order valence-corrected chi connectivity index (χ0v) is 11.6. The number of nitrogens with zero attached hydrogens (tertiary/aromatic N) is 2. The van der Waals surface area contributed by atoms with E-state index in [2.05, 4.69) is 10.6 Å². The lowest BCUT2D eigenvalue weighted by Crippen LogP contribution is -2.19. The molecule has 1 aliphatic heterocycles. The molecule has 2 heterocycles. The molecule has 0 bridgehead atoms. The SMILES string of the molecule is NC1CCn2c(-c3ccc(Cl)cc3)nc3cccc1c32. The van der Waals surface area contributed by atoms with Gasteiger partial charge in [0, 0.05) is 23.2 Å². The van der Waals surface area contributed by atoms with E-state index in [0.717, 1.165) is 34.9 Å². The van der Waals surface area contributed by atoms with Gasteiger partial charge in [-0.25, -0.2) is 4.98 Å². The van der Waals surface area contributed by atoms with Gasteiger partial charge < -0.3 is 10.3 Å². The fourth-order valence-corrected chi connectivity index (χ4v) is 3.10. The van der Waals surface area contributed by atoms with Crippen LogP contribution in [-0.4, -0.2) is 9.55 Å². The fourth-order valence-electron chi connectivity index (χ4n) is 2.97. The highest BCUT2D eigenvalue weighted by molar-refractivity contribution is 6.30. The quantitative estimate of drug-likeness (QED) is 0.739. The fraction of sp³-hybridized carbons (Fsp3) is 0.188. The van der Waals surface area contributed by atoms with E-state index in [1.165, 1.54) is 11.1 Å². The minimum atomic E-state index is 0.112. The number of halogens is 1. The van der Waals surface area contributed by atoms with Gasteiger partial charge in [-0.05, 0) is 42.3 Å². The Balaban J connectivity index is 2.01. The summed E-state index contributed by atoms with van der Waals surface area (Å²) in [5.41, 5.74) is 10.7. The van der Waals surface area contributed by atoms with Crippen LogP contribution in [0.4, 0.5) is 0 Å². The Labute approximate surface area is 122 Å². The van der Waals surface area contributed by atoms with Crippen LogP contribution in [0.3, 0.4) is 0 Å². The van der Waals surface area contributed by atoms with Crippen molar-refractivity contribution in [2.24, 2.45) is 5.73 Å². The lowest BCUT2D eigenvalue weighted by Gasteiger charge is -2.22. The van der Waals surface area contributed by atoms with Gasteiger partial charge in [0.05, 0.1) is 11.0 Å². The summed E-state index contributed by atoms with van der Waals surface area (Å²) in [5.74, 6) is 0.996. The average molecular weight is 284 g/mol. The van der Waals surface area contributed by atoms with E-state index in [1.807, 2.05) is 36.4 Å². The van der Waals surface area contributed by atoms with Crippen molar-refractivity contribution in [2.45, 2.75) is 19.0 Å². The molecule has 0 amide bonds. The normalized spacial score (nSPS) is 17.6. The summed E-state index contributed by atoms with van der Waals surface area (Å²) in [6.07, 6.45) is 0.947. The molecular formula is C16H14ClN3. The molecule has 2 aromatic carbocycles.